The van der Waals surface area contributed by atoms with Gasteiger partial charge in [0.2, 0.25) is 0 Å². The fraction of sp³-hybridized carbons (Fsp3) is 0.200. The number of halogens is 2. The van der Waals surface area contributed by atoms with Gasteiger partial charge in [-0.05, 0) is 37.1 Å². The fourth-order valence-electron chi connectivity index (χ4n) is 2.82. The molecule has 0 bridgehead atoms. The summed E-state index contributed by atoms with van der Waals surface area (Å²) < 4.78 is 5.53. The number of para-hydroxylation sites is 1. The normalized spacial score (nSPS) is 10.9. The van der Waals surface area contributed by atoms with E-state index >= 15 is 0 Å². The molecule has 1 heterocycles. The Bertz CT molecular complexity index is 954. The van der Waals surface area contributed by atoms with E-state index in [1.54, 1.807) is 18.2 Å². The molecule has 25 heavy (non-hydrogen) atoms. The Labute approximate surface area is 156 Å². The van der Waals surface area contributed by atoms with Gasteiger partial charge in [-0.25, -0.2) is 4.79 Å². The fourth-order valence-corrected chi connectivity index (χ4v) is 3.28. The first-order valence-corrected chi connectivity index (χ1v) is 8.76. The maximum atomic E-state index is 12.8. The number of ether oxygens (including phenoxy) is 1. The number of carbonyl (C=O) groups is 1. The Hall–Kier alpha value is -2.10. The van der Waals surface area contributed by atoms with E-state index in [1.807, 2.05) is 38.1 Å². The number of nitrogens with zero attached hydrogens (tertiary/aromatic N) is 1. The highest BCUT2D eigenvalue weighted by Gasteiger charge is 2.19. The molecule has 0 radical (unpaired) electrons. The van der Waals surface area contributed by atoms with Gasteiger partial charge in [-0.1, -0.05) is 54.4 Å². The summed E-state index contributed by atoms with van der Waals surface area (Å²) in [5, 5.41) is 1.82. The molecule has 1 aromatic heterocycles. The van der Waals surface area contributed by atoms with Gasteiger partial charge in [0.1, 0.15) is 6.61 Å². The molecule has 3 rings (SSSR count). The predicted molar refractivity (Wildman–Crippen MR) is 101 cm³/mol. The predicted octanol–water partition coefficient (Wildman–Crippen LogP) is 5.77. The zero-order valence-corrected chi connectivity index (χ0v) is 15.5. The van der Waals surface area contributed by atoms with E-state index in [-0.39, 0.29) is 12.6 Å². The average Bonchev–Trinajstić information content (AvgIpc) is 2.60. The van der Waals surface area contributed by atoms with Crippen LogP contribution in [-0.2, 0) is 17.8 Å². The van der Waals surface area contributed by atoms with E-state index in [0.717, 1.165) is 28.6 Å². The van der Waals surface area contributed by atoms with Crippen molar-refractivity contribution in [2.75, 3.05) is 0 Å². The summed E-state index contributed by atoms with van der Waals surface area (Å²) in [6.07, 6.45) is 0.750. The van der Waals surface area contributed by atoms with Crippen molar-refractivity contribution in [1.29, 1.82) is 0 Å². The number of hydrogen-bond acceptors (Lipinski definition) is 3. The summed E-state index contributed by atoms with van der Waals surface area (Å²) in [5.74, 6) is -0.378. The van der Waals surface area contributed by atoms with Crippen LogP contribution in [0.2, 0.25) is 10.0 Å². The minimum absolute atomic E-state index is 0.0897. The van der Waals surface area contributed by atoms with Crippen molar-refractivity contribution in [1.82, 2.24) is 4.98 Å². The van der Waals surface area contributed by atoms with Gasteiger partial charge in [-0.15, -0.1) is 0 Å². The molecular weight excluding hydrogens is 357 g/mol. The van der Waals surface area contributed by atoms with Crippen LogP contribution in [0.4, 0.5) is 0 Å². The van der Waals surface area contributed by atoms with Crippen molar-refractivity contribution in [3.8, 4) is 0 Å². The van der Waals surface area contributed by atoms with Gasteiger partial charge in [0, 0.05) is 26.7 Å². The summed E-state index contributed by atoms with van der Waals surface area (Å²) in [6, 6.07) is 12.7. The molecule has 0 atom stereocenters. The summed E-state index contributed by atoms with van der Waals surface area (Å²) in [6.45, 7) is 4.02. The Morgan fingerprint density at radius 3 is 2.64 bits per heavy atom. The number of esters is 1. The van der Waals surface area contributed by atoms with Crippen LogP contribution in [0, 0.1) is 6.92 Å². The SMILES string of the molecule is CCc1nc2ccccc2c(C(=O)OCc2ccc(Cl)cc2Cl)c1C. The van der Waals surface area contributed by atoms with Crippen LogP contribution in [0.1, 0.15) is 34.1 Å². The van der Waals surface area contributed by atoms with Crippen molar-refractivity contribution >= 4 is 40.1 Å². The summed E-state index contributed by atoms with van der Waals surface area (Å²) in [7, 11) is 0. The van der Waals surface area contributed by atoms with Gasteiger partial charge in [0.05, 0.1) is 11.1 Å². The Morgan fingerprint density at radius 2 is 1.92 bits per heavy atom. The molecule has 128 valence electrons. The molecule has 0 fully saturated rings. The van der Waals surface area contributed by atoms with E-state index in [0.29, 0.717) is 21.2 Å². The number of carbonyl (C=O) groups excluding carboxylic acids is 1. The maximum Gasteiger partial charge on any atom is 0.339 e. The lowest BCUT2D eigenvalue weighted by atomic mass is 10.0. The van der Waals surface area contributed by atoms with E-state index in [2.05, 4.69) is 4.98 Å². The van der Waals surface area contributed by atoms with E-state index < -0.39 is 0 Å². The monoisotopic (exact) mass is 373 g/mol. The summed E-state index contributed by atoms with van der Waals surface area (Å²) >= 11 is 12.0. The molecule has 5 heteroatoms. The Balaban J connectivity index is 1.95. The van der Waals surface area contributed by atoms with Crippen LogP contribution in [0.5, 0.6) is 0 Å². The zero-order valence-electron chi connectivity index (χ0n) is 14.0. The minimum atomic E-state index is -0.378. The van der Waals surface area contributed by atoms with Gasteiger partial charge in [-0.3, -0.25) is 4.98 Å². The molecule has 0 saturated carbocycles. The van der Waals surface area contributed by atoms with Crippen LogP contribution < -0.4 is 0 Å². The molecule has 0 aliphatic heterocycles. The molecule has 0 spiro atoms. The lowest BCUT2D eigenvalue weighted by molar-refractivity contribution is 0.0474. The van der Waals surface area contributed by atoms with Crippen molar-refractivity contribution in [3.05, 3.63) is 74.9 Å². The first-order chi connectivity index (χ1) is 12.0. The van der Waals surface area contributed by atoms with Gasteiger partial charge in [0.25, 0.3) is 0 Å². The molecule has 0 aliphatic rings. The number of aromatic nitrogens is 1. The van der Waals surface area contributed by atoms with Crippen LogP contribution in [0.15, 0.2) is 42.5 Å². The number of benzene rings is 2. The number of fused-ring (bicyclic) bond motifs is 1. The quantitative estimate of drug-likeness (QED) is 0.544. The van der Waals surface area contributed by atoms with Crippen molar-refractivity contribution in [2.45, 2.75) is 26.9 Å². The highest BCUT2D eigenvalue weighted by Crippen LogP contribution is 2.26. The third kappa shape index (κ3) is 3.63. The molecular formula is C20H17Cl2NO2. The summed E-state index contributed by atoms with van der Waals surface area (Å²) in [4.78, 5) is 17.4. The largest absolute Gasteiger partial charge is 0.457 e. The summed E-state index contributed by atoms with van der Waals surface area (Å²) in [5.41, 5.74) is 3.82. The topological polar surface area (TPSA) is 39.2 Å². The average molecular weight is 374 g/mol. The van der Waals surface area contributed by atoms with Crippen LogP contribution in [0.25, 0.3) is 10.9 Å². The molecule has 0 saturated heterocycles. The van der Waals surface area contributed by atoms with Crippen molar-refractivity contribution in [2.24, 2.45) is 0 Å². The molecule has 3 aromatic rings. The van der Waals surface area contributed by atoms with E-state index in [9.17, 15) is 4.79 Å². The second kappa shape index (κ2) is 7.42. The smallest absolute Gasteiger partial charge is 0.339 e. The van der Waals surface area contributed by atoms with E-state index in [1.165, 1.54) is 0 Å². The van der Waals surface area contributed by atoms with Gasteiger partial charge in [0.15, 0.2) is 0 Å². The van der Waals surface area contributed by atoms with Crippen LogP contribution in [0.3, 0.4) is 0 Å². The lowest BCUT2D eigenvalue weighted by Crippen LogP contribution is -2.11. The molecule has 0 amide bonds. The van der Waals surface area contributed by atoms with Gasteiger partial charge in [-0.2, -0.15) is 0 Å². The number of pyridine rings is 1. The van der Waals surface area contributed by atoms with Crippen LogP contribution >= 0.6 is 23.2 Å². The van der Waals surface area contributed by atoms with Gasteiger partial charge < -0.3 is 4.74 Å². The minimum Gasteiger partial charge on any atom is -0.457 e. The van der Waals surface area contributed by atoms with Crippen LogP contribution in [-0.4, -0.2) is 11.0 Å². The first kappa shape index (κ1) is 17.7. The third-order valence-corrected chi connectivity index (χ3v) is 4.74. The Kier molecular flexibility index (Phi) is 5.26. The molecule has 2 aromatic carbocycles. The molecule has 0 unspecified atom stereocenters. The lowest BCUT2D eigenvalue weighted by Gasteiger charge is -2.13. The standard InChI is InChI=1S/C20H17Cl2NO2/c1-3-17-12(2)19(15-6-4-5-7-18(15)23-17)20(24)25-11-13-8-9-14(21)10-16(13)22/h4-10H,3,11H2,1-2H3. The Morgan fingerprint density at radius 1 is 1.16 bits per heavy atom. The second-order valence-corrected chi connectivity index (χ2v) is 6.58. The van der Waals surface area contributed by atoms with Gasteiger partial charge >= 0.3 is 5.97 Å². The number of rotatable bonds is 4. The first-order valence-electron chi connectivity index (χ1n) is 8.00. The number of aryl methyl sites for hydroxylation is 1. The second-order valence-electron chi connectivity index (χ2n) is 5.74. The van der Waals surface area contributed by atoms with Crippen molar-refractivity contribution < 1.29 is 9.53 Å². The third-order valence-electron chi connectivity index (χ3n) is 4.15. The van der Waals surface area contributed by atoms with Crippen molar-refractivity contribution in [3.63, 3.8) is 0 Å². The zero-order chi connectivity index (χ0) is 18.0. The number of hydrogen-bond donors (Lipinski definition) is 0. The molecule has 0 N–H and O–H groups in total. The highest BCUT2D eigenvalue weighted by atomic mass is 35.5. The maximum absolute atomic E-state index is 12.8. The van der Waals surface area contributed by atoms with E-state index in [4.69, 9.17) is 27.9 Å². The highest BCUT2D eigenvalue weighted by molar-refractivity contribution is 6.35. The molecule has 0 aliphatic carbocycles. The molecule has 3 nitrogen and oxygen atoms in total.